The van der Waals surface area contributed by atoms with E-state index in [4.69, 9.17) is 15.6 Å². The maximum absolute atomic E-state index is 8.36. The second-order valence-corrected chi connectivity index (χ2v) is 3.13. The van der Waals surface area contributed by atoms with Crippen molar-refractivity contribution in [1.82, 2.24) is 0 Å². The Hall–Kier alpha value is -0.570. The summed E-state index contributed by atoms with van der Waals surface area (Å²) in [5.41, 5.74) is 5.70. The first-order valence-corrected chi connectivity index (χ1v) is 4.04. The number of hydrogen-bond donors (Lipinski definition) is 2. The highest BCUT2D eigenvalue weighted by Gasteiger charge is 2.13. The Balaban J connectivity index is 0.000000292. The minimum atomic E-state index is -0.250. The molecule has 0 amide bonds. The van der Waals surface area contributed by atoms with E-state index in [1.54, 1.807) is 0 Å². The second-order valence-electron chi connectivity index (χ2n) is 3.13. The first-order chi connectivity index (χ1) is 5.20. The fourth-order valence-electron chi connectivity index (χ4n) is 1.29. The van der Waals surface area contributed by atoms with Gasteiger partial charge in [0, 0.05) is 6.04 Å². The molecule has 1 aliphatic carbocycles. The summed E-state index contributed by atoms with van der Waals surface area (Å²) in [5, 5.41) is 6.89. The van der Waals surface area contributed by atoms with Gasteiger partial charge in [-0.2, -0.15) is 0 Å². The van der Waals surface area contributed by atoms with Crippen LogP contribution in [0.25, 0.3) is 0 Å². The normalized spacial score (nSPS) is 30.0. The summed E-state index contributed by atoms with van der Waals surface area (Å²) in [6.45, 7) is 2.06. The SMILES string of the molecule is CC1CCC(N)CC1.O=CO. The maximum Gasteiger partial charge on any atom is 0.290 e. The Morgan fingerprint density at radius 3 is 2.00 bits per heavy atom. The highest BCUT2D eigenvalue weighted by atomic mass is 16.3. The lowest BCUT2D eigenvalue weighted by molar-refractivity contribution is -0.122. The lowest BCUT2D eigenvalue weighted by Crippen LogP contribution is -2.25. The molecular weight excluding hydrogens is 142 g/mol. The molecule has 1 aliphatic rings. The molecule has 0 aromatic rings. The van der Waals surface area contributed by atoms with Gasteiger partial charge in [-0.15, -0.1) is 0 Å². The Morgan fingerprint density at radius 2 is 1.73 bits per heavy atom. The van der Waals surface area contributed by atoms with E-state index < -0.39 is 0 Å². The van der Waals surface area contributed by atoms with E-state index in [0.29, 0.717) is 6.04 Å². The van der Waals surface area contributed by atoms with E-state index in [9.17, 15) is 0 Å². The summed E-state index contributed by atoms with van der Waals surface area (Å²) >= 11 is 0. The highest BCUT2D eigenvalue weighted by Crippen LogP contribution is 2.21. The van der Waals surface area contributed by atoms with E-state index in [0.717, 1.165) is 5.92 Å². The van der Waals surface area contributed by atoms with Crippen LogP contribution in [-0.2, 0) is 4.79 Å². The number of nitrogens with two attached hydrogens (primary N) is 1. The van der Waals surface area contributed by atoms with Crippen LogP contribution >= 0.6 is 0 Å². The largest absolute Gasteiger partial charge is 0.483 e. The molecule has 0 saturated heterocycles. The van der Waals surface area contributed by atoms with Crippen molar-refractivity contribution in [3.05, 3.63) is 0 Å². The molecule has 0 spiro atoms. The summed E-state index contributed by atoms with van der Waals surface area (Å²) in [7, 11) is 0. The van der Waals surface area contributed by atoms with Crippen LogP contribution in [0.4, 0.5) is 0 Å². The average molecular weight is 159 g/mol. The van der Waals surface area contributed by atoms with Gasteiger partial charge in [0.25, 0.3) is 6.47 Å². The molecule has 11 heavy (non-hydrogen) atoms. The Kier molecular flexibility index (Phi) is 5.84. The topological polar surface area (TPSA) is 63.3 Å². The van der Waals surface area contributed by atoms with Gasteiger partial charge >= 0.3 is 0 Å². The summed E-state index contributed by atoms with van der Waals surface area (Å²) < 4.78 is 0. The zero-order valence-electron chi connectivity index (χ0n) is 6.99. The van der Waals surface area contributed by atoms with Crippen molar-refractivity contribution in [2.24, 2.45) is 11.7 Å². The highest BCUT2D eigenvalue weighted by molar-refractivity contribution is 5.32. The average Bonchev–Trinajstić information content (AvgIpc) is 1.97. The molecular formula is C8H17NO2. The summed E-state index contributed by atoms with van der Waals surface area (Å²) in [6.07, 6.45) is 5.20. The third-order valence-corrected chi connectivity index (χ3v) is 2.06. The zero-order valence-corrected chi connectivity index (χ0v) is 6.99. The van der Waals surface area contributed by atoms with Crippen molar-refractivity contribution < 1.29 is 9.90 Å². The maximum atomic E-state index is 8.36. The van der Waals surface area contributed by atoms with Crippen LogP contribution in [-0.4, -0.2) is 17.6 Å². The molecule has 0 aromatic carbocycles. The third kappa shape index (κ3) is 5.85. The van der Waals surface area contributed by atoms with Crippen molar-refractivity contribution in [2.45, 2.75) is 38.6 Å². The van der Waals surface area contributed by atoms with Crippen molar-refractivity contribution in [3.8, 4) is 0 Å². The Morgan fingerprint density at radius 1 is 1.36 bits per heavy atom. The van der Waals surface area contributed by atoms with Crippen LogP contribution < -0.4 is 5.73 Å². The van der Waals surface area contributed by atoms with Crippen LogP contribution in [0.5, 0.6) is 0 Å². The lowest BCUT2D eigenvalue weighted by atomic mass is 9.88. The van der Waals surface area contributed by atoms with Crippen molar-refractivity contribution in [2.75, 3.05) is 0 Å². The predicted molar refractivity (Wildman–Crippen MR) is 44.3 cm³/mol. The quantitative estimate of drug-likeness (QED) is 0.522. The summed E-state index contributed by atoms with van der Waals surface area (Å²) in [5.74, 6) is 0.940. The van der Waals surface area contributed by atoms with Crippen molar-refractivity contribution in [3.63, 3.8) is 0 Å². The van der Waals surface area contributed by atoms with Crippen molar-refractivity contribution in [1.29, 1.82) is 0 Å². The van der Waals surface area contributed by atoms with Crippen molar-refractivity contribution >= 4 is 6.47 Å². The van der Waals surface area contributed by atoms with Gasteiger partial charge in [-0.05, 0) is 31.6 Å². The van der Waals surface area contributed by atoms with Crippen LogP contribution in [0, 0.1) is 5.92 Å². The van der Waals surface area contributed by atoms with Crippen LogP contribution in [0.1, 0.15) is 32.6 Å². The van der Waals surface area contributed by atoms with Gasteiger partial charge in [-0.1, -0.05) is 6.92 Å². The monoisotopic (exact) mass is 159 g/mol. The molecule has 0 aliphatic heterocycles. The van der Waals surface area contributed by atoms with Gasteiger partial charge in [0.1, 0.15) is 0 Å². The summed E-state index contributed by atoms with van der Waals surface area (Å²) in [4.78, 5) is 8.36. The van der Waals surface area contributed by atoms with Crippen LogP contribution in [0.3, 0.4) is 0 Å². The minimum Gasteiger partial charge on any atom is -0.483 e. The fraction of sp³-hybridized carbons (Fsp3) is 0.875. The van der Waals surface area contributed by atoms with Crippen LogP contribution in [0.15, 0.2) is 0 Å². The minimum absolute atomic E-state index is 0.250. The smallest absolute Gasteiger partial charge is 0.290 e. The molecule has 66 valence electrons. The van der Waals surface area contributed by atoms with Gasteiger partial charge in [0.05, 0.1) is 0 Å². The Bertz CT molecular complexity index is 88.3. The molecule has 1 rings (SSSR count). The first-order valence-electron chi connectivity index (χ1n) is 4.04. The fourth-order valence-corrected chi connectivity index (χ4v) is 1.29. The molecule has 3 nitrogen and oxygen atoms in total. The van der Waals surface area contributed by atoms with Gasteiger partial charge in [0.15, 0.2) is 0 Å². The molecule has 0 radical (unpaired) electrons. The van der Waals surface area contributed by atoms with Gasteiger partial charge < -0.3 is 10.8 Å². The molecule has 0 atom stereocenters. The Labute approximate surface area is 67.6 Å². The third-order valence-electron chi connectivity index (χ3n) is 2.06. The van der Waals surface area contributed by atoms with E-state index >= 15 is 0 Å². The van der Waals surface area contributed by atoms with E-state index in [-0.39, 0.29) is 6.47 Å². The number of hydrogen-bond acceptors (Lipinski definition) is 2. The molecule has 1 fully saturated rings. The molecule has 0 heterocycles. The number of rotatable bonds is 0. The standard InChI is InChI=1S/C7H15N.CH2O2/c1-6-2-4-7(8)5-3-6;2-1-3/h6-7H,2-5,8H2,1H3;1H,(H,2,3). The summed E-state index contributed by atoms with van der Waals surface area (Å²) in [6, 6.07) is 0.520. The van der Waals surface area contributed by atoms with E-state index in [2.05, 4.69) is 6.92 Å². The zero-order chi connectivity index (χ0) is 8.69. The molecule has 3 N–H and O–H groups in total. The van der Waals surface area contributed by atoms with E-state index in [1.165, 1.54) is 25.7 Å². The van der Waals surface area contributed by atoms with Gasteiger partial charge in [-0.3, -0.25) is 4.79 Å². The molecule has 3 heteroatoms. The number of carboxylic acid groups (broad SMARTS) is 1. The van der Waals surface area contributed by atoms with Crippen LogP contribution in [0.2, 0.25) is 0 Å². The lowest BCUT2D eigenvalue weighted by Gasteiger charge is -2.22. The molecule has 0 unspecified atom stereocenters. The second kappa shape index (κ2) is 6.16. The molecule has 0 aromatic heterocycles. The molecule has 1 saturated carbocycles. The number of carbonyl (C=O) groups is 1. The van der Waals surface area contributed by atoms with Gasteiger partial charge in [0.2, 0.25) is 0 Å². The van der Waals surface area contributed by atoms with Gasteiger partial charge in [-0.25, -0.2) is 0 Å². The van der Waals surface area contributed by atoms with E-state index in [1.807, 2.05) is 0 Å². The molecule has 0 bridgehead atoms. The predicted octanol–water partition coefficient (Wildman–Crippen LogP) is 1.22. The first kappa shape index (κ1) is 10.4.